The van der Waals surface area contributed by atoms with Crippen molar-refractivity contribution >= 4 is 5.97 Å². The van der Waals surface area contributed by atoms with Crippen molar-refractivity contribution in [2.75, 3.05) is 6.54 Å². The number of rotatable bonds is 9. The molecule has 2 N–H and O–H groups in total. The first-order valence-corrected chi connectivity index (χ1v) is 9.14. The number of carboxylic acids is 1. The molecule has 0 aromatic heterocycles. The second-order valence-electron chi connectivity index (χ2n) is 6.76. The SMILES string of the molecule is CCCCCCCc1ccc(O[C@@H]2CN[C@@H](C(=O)O)C2)cc1C(F)(F)F. The molecule has 7 heteroatoms. The van der Waals surface area contributed by atoms with Gasteiger partial charge in [0.25, 0.3) is 0 Å². The summed E-state index contributed by atoms with van der Waals surface area (Å²) in [6.45, 7) is 2.40. The van der Waals surface area contributed by atoms with Crippen molar-refractivity contribution in [2.24, 2.45) is 0 Å². The van der Waals surface area contributed by atoms with Crippen LogP contribution in [0.3, 0.4) is 0 Å². The molecule has 1 aliphatic heterocycles. The Kier molecular flexibility index (Phi) is 7.32. The molecule has 1 aromatic carbocycles. The number of benzene rings is 1. The molecule has 2 rings (SSSR count). The fourth-order valence-corrected chi connectivity index (χ4v) is 3.20. The third-order valence-corrected chi connectivity index (χ3v) is 4.63. The van der Waals surface area contributed by atoms with Gasteiger partial charge in [-0.3, -0.25) is 4.79 Å². The number of nitrogens with one attached hydrogen (secondary N) is 1. The van der Waals surface area contributed by atoms with Crippen molar-refractivity contribution in [3.05, 3.63) is 29.3 Å². The van der Waals surface area contributed by atoms with Gasteiger partial charge in [-0.25, -0.2) is 0 Å². The third-order valence-electron chi connectivity index (χ3n) is 4.63. The number of ether oxygens (including phenoxy) is 1. The van der Waals surface area contributed by atoms with E-state index in [4.69, 9.17) is 9.84 Å². The molecule has 146 valence electrons. The predicted octanol–water partition coefficient (Wildman–Crippen LogP) is 4.41. The number of aliphatic carboxylic acids is 1. The minimum absolute atomic E-state index is 0.130. The van der Waals surface area contributed by atoms with Gasteiger partial charge in [0.05, 0.1) is 5.56 Å². The van der Waals surface area contributed by atoms with Gasteiger partial charge in [-0.2, -0.15) is 13.2 Å². The van der Waals surface area contributed by atoms with Crippen molar-refractivity contribution in [1.82, 2.24) is 5.32 Å². The highest BCUT2D eigenvalue weighted by Crippen LogP contribution is 2.35. The van der Waals surface area contributed by atoms with Crippen LogP contribution in [-0.2, 0) is 17.4 Å². The molecular formula is C19H26F3NO3. The Morgan fingerprint density at radius 1 is 1.27 bits per heavy atom. The summed E-state index contributed by atoms with van der Waals surface area (Å²) in [5.41, 5.74) is -0.374. The van der Waals surface area contributed by atoms with E-state index in [1.165, 1.54) is 6.07 Å². The van der Waals surface area contributed by atoms with E-state index >= 15 is 0 Å². The molecule has 4 nitrogen and oxygen atoms in total. The Balaban J connectivity index is 2.02. The van der Waals surface area contributed by atoms with E-state index in [1.807, 2.05) is 0 Å². The van der Waals surface area contributed by atoms with Crippen LogP contribution in [0.2, 0.25) is 0 Å². The summed E-state index contributed by atoms with van der Waals surface area (Å²) in [6, 6.07) is 3.35. The summed E-state index contributed by atoms with van der Waals surface area (Å²) in [6.07, 6.45) is 0.639. The number of hydrogen-bond donors (Lipinski definition) is 2. The van der Waals surface area contributed by atoms with E-state index in [1.54, 1.807) is 6.07 Å². The van der Waals surface area contributed by atoms with Crippen LogP contribution in [0, 0.1) is 0 Å². The summed E-state index contributed by atoms with van der Waals surface area (Å²) in [4.78, 5) is 10.9. The summed E-state index contributed by atoms with van der Waals surface area (Å²) in [5, 5.41) is 11.7. The zero-order chi connectivity index (χ0) is 19.2. The van der Waals surface area contributed by atoms with E-state index in [0.29, 0.717) is 13.0 Å². The second kappa shape index (κ2) is 9.26. The molecule has 1 fully saturated rings. The first-order chi connectivity index (χ1) is 12.3. The average Bonchev–Trinajstić information content (AvgIpc) is 3.03. The van der Waals surface area contributed by atoms with Gasteiger partial charge >= 0.3 is 12.1 Å². The van der Waals surface area contributed by atoms with E-state index in [0.717, 1.165) is 38.2 Å². The van der Waals surface area contributed by atoms with E-state index < -0.39 is 29.9 Å². The van der Waals surface area contributed by atoms with Crippen molar-refractivity contribution in [1.29, 1.82) is 0 Å². The largest absolute Gasteiger partial charge is 0.489 e. The van der Waals surface area contributed by atoms with Crippen molar-refractivity contribution in [3.63, 3.8) is 0 Å². The normalized spacial score (nSPS) is 20.3. The van der Waals surface area contributed by atoms with Gasteiger partial charge in [-0.1, -0.05) is 38.7 Å². The maximum absolute atomic E-state index is 13.4. The topological polar surface area (TPSA) is 58.6 Å². The van der Waals surface area contributed by atoms with Crippen LogP contribution in [-0.4, -0.2) is 29.8 Å². The molecule has 1 aliphatic rings. The summed E-state index contributed by atoms with van der Waals surface area (Å²) >= 11 is 0. The van der Waals surface area contributed by atoms with Gasteiger partial charge in [-0.05, 0) is 30.5 Å². The van der Waals surface area contributed by atoms with Crippen LogP contribution in [0.15, 0.2) is 18.2 Å². The van der Waals surface area contributed by atoms with E-state index in [9.17, 15) is 18.0 Å². The highest BCUT2D eigenvalue weighted by atomic mass is 19.4. The lowest BCUT2D eigenvalue weighted by Gasteiger charge is -2.17. The molecule has 0 spiro atoms. The molecule has 0 saturated carbocycles. The molecule has 0 radical (unpaired) electrons. The van der Waals surface area contributed by atoms with Crippen LogP contribution < -0.4 is 10.1 Å². The maximum atomic E-state index is 13.4. The summed E-state index contributed by atoms with van der Waals surface area (Å²) in [5.74, 6) is -0.851. The van der Waals surface area contributed by atoms with Crippen molar-refractivity contribution < 1.29 is 27.8 Å². The van der Waals surface area contributed by atoms with E-state index in [-0.39, 0.29) is 17.7 Å². The maximum Gasteiger partial charge on any atom is 0.416 e. The van der Waals surface area contributed by atoms with Crippen LogP contribution in [0.1, 0.15) is 56.6 Å². The molecule has 0 aliphatic carbocycles. The quantitative estimate of drug-likeness (QED) is 0.630. The smallest absolute Gasteiger partial charge is 0.416 e. The lowest BCUT2D eigenvalue weighted by atomic mass is 10.00. The van der Waals surface area contributed by atoms with Gasteiger partial charge in [0.1, 0.15) is 17.9 Å². The number of hydrogen-bond acceptors (Lipinski definition) is 3. The zero-order valence-electron chi connectivity index (χ0n) is 14.9. The third kappa shape index (κ3) is 5.90. The second-order valence-corrected chi connectivity index (χ2v) is 6.76. The number of unbranched alkanes of at least 4 members (excludes halogenated alkanes) is 4. The Bertz CT molecular complexity index is 604. The van der Waals surface area contributed by atoms with Gasteiger partial charge in [0.2, 0.25) is 0 Å². The van der Waals surface area contributed by atoms with Gasteiger partial charge in [0.15, 0.2) is 0 Å². The van der Waals surface area contributed by atoms with Gasteiger partial charge in [0, 0.05) is 13.0 Å². The molecule has 2 atom stereocenters. The molecule has 0 amide bonds. The zero-order valence-corrected chi connectivity index (χ0v) is 14.9. The predicted molar refractivity (Wildman–Crippen MR) is 92.4 cm³/mol. The van der Waals surface area contributed by atoms with Gasteiger partial charge in [-0.15, -0.1) is 0 Å². The lowest BCUT2D eigenvalue weighted by molar-refractivity contribution is -0.139. The minimum atomic E-state index is -4.43. The summed E-state index contributed by atoms with van der Waals surface area (Å²) < 4.78 is 45.8. The number of alkyl halides is 3. The van der Waals surface area contributed by atoms with Crippen LogP contribution >= 0.6 is 0 Å². The number of carboxylic acid groups (broad SMARTS) is 1. The van der Waals surface area contributed by atoms with Crippen LogP contribution in [0.5, 0.6) is 5.75 Å². The molecule has 1 aromatic rings. The van der Waals surface area contributed by atoms with Crippen LogP contribution in [0.4, 0.5) is 13.2 Å². The first-order valence-electron chi connectivity index (χ1n) is 9.14. The number of carbonyl (C=O) groups is 1. The molecule has 1 heterocycles. The number of halogens is 3. The molecular weight excluding hydrogens is 347 g/mol. The Morgan fingerprint density at radius 3 is 2.62 bits per heavy atom. The first kappa shape index (κ1) is 20.6. The Labute approximate surface area is 151 Å². The fraction of sp³-hybridized carbons (Fsp3) is 0.632. The molecule has 0 unspecified atom stereocenters. The molecule has 0 bridgehead atoms. The van der Waals surface area contributed by atoms with Gasteiger partial charge < -0.3 is 15.2 Å². The van der Waals surface area contributed by atoms with Crippen LogP contribution in [0.25, 0.3) is 0 Å². The summed E-state index contributed by atoms with van der Waals surface area (Å²) in [7, 11) is 0. The Hall–Kier alpha value is -1.76. The van der Waals surface area contributed by atoms with E-state index in [2.05, 4.69) is 12.2 Å². The molecule has 1 saturated heterocycles. The standard InChI is InChI=1S/C19H26F3NO3/c1-2-3-4-5-6-7-13-8-9-14(10-16(13)19(20,21)22)26-15-11-17(18(24)25)23-12-15/h8-10,15,17,23H,2-7,11-12H2,1H3,(H,24,25)/t15-,17+/m0/s1. The molecule has 26 heavy (non-hydrogen) atoms. The monoisotopic (exact) mass is 373 g/mol. The fourth-order valence-electron chi connectivity index (χ4n) is 3.20. The minimum Gasteiger partial charge on any atom is -0.489 e. The Morgan fingerprint density at radius 2 is 2.00 bits per heavy atom. The van der Waals surface area contributed by atoms with Crippen molar-refractivity contribution in [3.8, 4) is 5.75 Å². The van der Waals surface area contributed by atoms with Crippen molar-refractivity contribution in [2.45, 2.75) is 70.2 Å². The average molecular weight is 373 g/mol. The lowest BCUT2D eigenvalue weighted by Crippen LogP contribution is -2.30. The number of aryl methyl sites for hydroxylation is 1. The highest BCUT2D eigenvalue weighted by molar-refractivity contribution is 5.73. The highest BCUT2D eigenvalue weighted by Gasteiger charge is 2.35.